The van der Waals surface area contributed by atoms with Gasteiger partial charge in [-0.1, -0.05) is 121 Å². The van der Waals surface area contributed by atoms with Gasteiger partial charge in [0, 0.05) is 17.7 Å². The van der Waals surface area contributed by atoms with Crippen molar-refractivity contribution in [1.82, 2.24) is 0 Å². The minimum absolute atomic E-state index is 1.19. The first-order valence-electron chi connectivity index (χ1n) is 17.2. The summed E-state index contributed by atoms with van der Waals surface area (Å²) < 4.78 is 2.19. The molecule has 50 heavy (non-hydrogen) atoms. The summed E-state index contributed by atoms with van der Waals surface area (Å²) >= 11 is 0. The monoisotopic (exact) mass is 640 g/mol. The number of aromatic nitrogens is 1. The average molecular weight is 641 g/mol. The Morgan fingerprint density at radius 2 is 0.660 bits per heavy atom. The predicted molar refractivity (Wildman–Crippen MR) is 210 cm³/mol. The maximum atomic E-state index is 2.36. The van der Waals surface area contributed by atoms with E-state index in [9.17, 15) is 0 Å². The van der Waals surface area contributed by atoms with Crippen LogP contribution in [0.1, 0.15) is 5.56 Å². The summed E-state index contributed by atoms with van der Waals surface area (Å²) in [6, 6.07) is 68.3. The largest absolute Gasteiger partial charge is 0.212 e. The second kappa shape index (κ2) is 13.7. The second-order valence-electron chi connectivity index (χ2n) is 13.0. The van der Waals surface area contributed by atoms with Crippen molar-refractivity contribution in [2.24, 2.45) is 7.05 Å². The molecule has 8 rings (SSSR count). The highest BCUT2D eigenvalue weighted by Crippen LogP contribution is 2.38. The van der Waals surface area contributed by atoms with Gasteiger partial charge in [0.05, 0.1) is 0 Å². The molecule has 7 aromatic carbocycles. The van der Waals surface area contributed by atoms with E-state index in [1.165, 1.54) is 83.6 Å². The lowest BCUT2D eigenvalue weighted by molar-refractivity contribution is -0.660. The van der Waals surface area contributed by atoms with Crippen LogP contribution in [-0.2, 0) is 7.05 Å². The van der Waals surface area contributed by atoms with Gasteiger partial charge in [0.15, 0.2) is 6.20 Å². The van der Waals surface area contributed by atoms with E-state index in [2.05, 4.69) is 213 Å². The van der Waals surface area contributed by atoms with Crippen LogP contribution >= 0.6 is 0 Å². The molecule has 1 heterocycles. The standard InChI is InChI=1S/C49H38N/c1-35-24-25-41(34-48(35)49-23-12-13-26-50(49)2)39-21-14-22-40(27-39)45-29-44(38-19-10-5-11-20-38)32-47(33-45)46-30-42(36-15-6-3-7-16-36)28-43(31-46)37-17-8-4-9-18-37/h3-34H,1-2H3/q+1. The summed E-state index contributed by atoms with van der Waals surface area (Å²) in [5.74, 6) is 0. The van der Waals surface area contributed by atoms with Crippen LogP contribution in [0.4, 0.5) is 0 Å². The first kappa shape index (κ1) is 31.0. The number of rotatable bonds is 7. The van der Waals surface area contributed by atoms with E-state index in [1.54, 1.807) is 0 Å². The summed E-state index contributed by atoms with van der Waals surface area (Å²) in [7, 11) is 2.11. The molecule has 0 aliphatic carbocycles. The van der Waals surface area contributed by atoms with Crippen LogP contribution in [0, 0.1) is 6.92 Å². The van der Waals surface area contributed by atoms with Gasteiger partial charge in [-0.2, -0.15) is 0 Å². The third-order valence-corrected chi connectivity index (χ3v) is 9.62. The molecule has 238 valence electrons. The Balaban J connectivity index is 1.28. The molecule has 0 fully saturated rings. The lowest BCUT2D eigenvalue weighted by Gasteiger charge is -2.15. The average Bonchev–Trinajstić information content (AvgIpc) is 3.19. The summed E-state index contributed by atoms with van der Waals surface area (Å²) in [5, 5.41) is 0. The van der Waals surface area contributed by atoms with Crippen LogP contribution in [0.5, 0.6) is 0 Å². The summed E-state index contributed by atoms with van der Waals surface area (Å²) in [5.41, 5.74) is 18.1. The highest BCUT2D eigenvalue weighted by atomic mass is 14.9. The fourth-order valence-corrected chi connectivity index (χ4v) is 6.91. The van der Waals surface area contributed by atoms with Crippen molar-refractivity contribution in [3.63, 3.8) is 0 Å². The molecule has 0 radical (unpaired) electrons. The molecule has 0 spiro atoms. The lowest BCUT2D eigenvalue weighted by Crippen LogP contribution is -2.30. The van der Waals surface area contributed by atoms with E-state index in [1.807, 2.05) is 0 Å². The zero-order valence-corrected chi connectivity index (χ0v) is 28.4. The molecule has 0 saturated carbocycles. The van der Waals surface area contributed by atoms with E-state index in [4.69, 9.17) is 0 Å². The minimum atomic E-state index is 1.19. The number of nitrogens with zero attached hydrogens (tertiary/aromatic N) is 1. The number of benzene rings is 7. The Labute approximate surface area is 295 Å². The fraction of sp³-hybridized carbons (Fsp3) is 0.0408. The van der Waals surface area contributed by atoms with Gasteiger partial charge in [-0.3, -0.25) is 0 Å². The SMILES string of the molecule is Cc1ccc(-c2cccc(-c3cc(-c4ccccc4)cc(-c4cc(-c5ccccc5)cc(-c5ccccc5)c4)c3)c2)cc1-c1cccc[n+]1C. The summed E-state index contributed by atoms with van der Waals surface area (Å²) in [6.07, 6.45) is 2.11. The number of hydrogen-bond donors (Lipinski definition) is 0. The van der Waals surface area contributed by atoms with Crippen LogP contribution in [0.25, 0.3) is 78.0 Å². The number of hydrogen-bond acceptors (Lipinski definition) is 0. The van der Waals surface area contributed by atoms with E-state index >= 15 is 0 Å². The Morgan fingerprint density at radius 3 is 1.14 bits per heavy atom. The van der Waals surface area contributed by atoms with Crippen molar-refractivity contribution in [2.45, 2.75) is 6.92 Å². The van der Waals surface area contributed by atoms with Gasteiger partial charge in [0.2, 0.25) is 5.69 Å². The molecule has 0 bridgehead atoms. The van der Waals surface area contributed by atoms with Crippen LogP contribution in [0.3, 0.4) is 0 Å². The van der Waals surface area contributed by atoms with Crippen molar-refractivity contribution < 1.29 is 4.57 Å². The molecule has 0 atom stereocenters. The second-order valence-corrected chi connectivity index (χ2v) is 13.0. The zero-order valence-electron chi connectivity index (χ0n) is 28.4. The quantitative estimate of drug-likeness (QED) is 0.153. The van der Waals surface area contributed by atoms with Crippen LogP contribution in [-0.4, -0.2) is 0 Å². The van der Waals surface area contributed by atoms with Crippen molar-refractivity contribution in [1.29, 1.82) is 0 Å². The third-order valence-electron chi connectivity index (χ3n) is 9.62. The van der Waals surface area contributed by atoms with Gasteiger partial charge in [0.1, 0.15) is 7.05 Å². The third kappa shape index (κ3) is 6.42. The molecule has 0 aliphatic heterocycles. The number of pyridine rings is 1. The predicted octanol–water partition coefficient (Wildman–Crippen LogP) is 12.5. The normalized spacial score (nSPS) is 11.0. The highest BCUT2D eigenvalue weighted by Gasteiger charge is 2.15. The fourth-order valence-electron chi connectivity index (χ4n) is 6.91. The van der Waals surface area contributed by atoms with Gasteiger partial charge in [-0.25, -0.2) is 4.57 Å². The summed E-state index contributed by atoms with van der Waals surface area (Å²) in [6.45, 7) is 2.19. The molecule has 0 N–H and O–H groups in total. The van der Waals surface area contributed by atoms with E-state index < -0.39 is 0 Å². The van der Waals surface area contributed by atoms with Crippen molar-refractivity contribution in [2.75, 3.05) is 0 Å². The maximum Gasteiger partial charge on any atom is 0.212 e. The van der Waals surface area contributed by atoms with Gasteiger partial charge in [-0.15, -0.1) is 0 Å². The van der Waals surface area contributed by atoms with Crippen LogP contribution in [0.2, 0.25) is 0 Å². The highest BCUT2D eigenvalue weighted by molar-refractivity contribution is 5.87. The Kier molecular flexibility index (Phi) is 8.47. The molecular weight excluding hydrogens is 603 g/mol. The molecule has 0 aliphatic rings. The smallest absolute Gasteiger partial charge is 0.201 e. The van der Waals surface area contributed by atoms with Gasteiger partial charge in [0.25, 0.3) is 0 Å². The lowest BCUT2D eigenvalue weighted by atomic mass is 9.89. The maximum absolute atomic E-state index is 2.36. The molecule has 0 amide bonds. The van der Waals surface area contributed by atoms with Gasteiger partial charge < -0.3 is 0 Å². The Hall–Kier alpha value is -6.31. The molecule has 1 nitrogen and oxygen atoms in total. The molecule has 8 aromatic rings. The Bertz CT molecular complexity index is 2370. The van der Waals surface area contributed by atoms with E-state index in [-0.39, 0.29) is 0 Å². The molecule has 1 aromatic heterocycles. The summed E-state index contributed by atoms with van der Waals surface area (Å²) in [4.78, 5) is 0. The van der Waals surface area contributed by atoms with Gasteiger partial charge in [-0.05, 0) is 134 Å². The van der Waals surface area contributed by atoms with Crippen LogP contribution in [0.15, 0.2) is 194 Å². The van der Waals surface area contributed by atoms with Crippen molar-refractivity contribution in [3.05, 3.63) is 200 Å². The molecule has 0 saturated heterocycles. The van der Waals surface area contributed by atoms with E-state index in [0.717, 1.165) is 0 Å². The molecule has 1 heteroatoms. The molecule has 0 unspecified atom stereocenters. The Morgan fingerprint density at radius 1 is 0.300 bits per heavy atom. The van der Waals surface area contributed by atoms with Crippen molar-refractivity contribution in [3.8, 4) is 78.0 Å². The zero-order chi connectivity index (χ0) is 33.9. The minimum Gasteiger partial charge on any atom is -0.201 e. The molecular formula is C49H38N+. The van der Waals surface area contributed by atoms with Gasteiger partial charge >= 0.3 is 0 Å². The van der Waals surface area contributed by atoms with E-state index in [0.29, 0.717) is 0 Å². The first-order valence-corrected chi connectivity index (χ1v) is 17.2. The number of aryl methyl sites for hydroxylation is 2. The first-order chi connectivity index (χ1) is 24.6. The van der Waals surface area contributed by atoms with Crippen LogP contribution < -0.4 is 4.57 Å². The topological polar surface area (TPSA) is 3.88 Å². The van der Waals surface area contributed by atoms with Crippen molar-refractivity contribution >= 4 is 0 Å².